The second kappa shape index (κ2) is 11.0. The number of fused-ring (bicyclic) bond motifs is 1. The molecule has 0 aromatic heterocycles. The second-order valence-electron chi connectivity index (χ2n) is 8.21. The van der Waals surface area contributed by atoms with E-state index in [1.54, 1.807) is 37.3 Å². The standard InChI is InChI=1S/C28H28ClN3O3S/c1-3-31(26-16-10-12-21-11-8-9-15-24(21)26)20-28(33)30-22-17-18-25(29)27(19-22)36(34,35)32(4-2)23-13-6-5-7-14-23/h5-19H,3-4,20H2,1-2H3,(H,30,33). The molecule has 4 rings (SSSR count). The highest BCUT2D eigenvalue weighted by Gasteiger charge is 2.26. The second-order valence-corrected chi connectivity index (χ2v) is 10.4. The lowest BCUT2D eigenvalue weighted by Crippen LogP contribution is -2.33. The minimum atomic E-state index is -3.95. The Bertz CT molecular complexity index is 1470. The molecule has 0 saturated carbocycles. The number of hydrogen-bond donors (Lipinski definition) is 1. The van der Waals surface area contributed by atoms with E-state index >= 15 is 0 Å². The van der Waals surface area contributed by atoms with Crippen LogP contribution in [0.4, 0.5) is 17.1 Å². The van der Waals surface area contributed by atoms with Gasteiger partial charge in [-0.3, -0.25) is 9.10 Å². The monoisotopic (exact) mass is 521 g/mol. The van der Waals surface area contributed by atoms with Gasteiger partial charge < -0.3 is 10.2 Å². The third-order valence-electron chi connectivity index (χ3n) is 5.94. The molecule has 4 aromatic carbocycles. The van der Waals surface area contributed by atoms with Crippen LogP contribution >= 0.6 is 11.6 Å². The lowest BCUT2D eigenvalue weighted by Gasteiger charge is -2.25. The van der Waals surface area contributed by atoms with Gasteiger partial charge in [0, 0.05) is 29.9 Å². The van der Waals surface area contributed by atoms with Crippen molar-refractivity contribution in [2.75, 3.05) is 34.2 Å². The molecule has 0 radical (unpaired) electrons. The van der Waals surface area contributed by atoms with E-state index in [0.29, 0.717) is 17.9 Å². The Balaban J connectivity index is 1.57. The Morgan fingerprint density at radius 3 is 2.28 bits per heavy atom. The smallest absolute Gasteiger partial charge is 0.265 e. The van der Waals surface area contributed by atoms with Crippen molar-refractivity contribution in [1.29, 1.82) is 0 Å². The van der Waals surface area contributed by atoms with Gasteiger partial charge in [0.1, 0.15) is 4.90 Å². The molecule has 0 aliphatic rings. The SMILES string of the molecule is CCN(CC(=O)Nc1ccc(Cl)c(S(=O)(=O)N(CC)c2ccccc2)c1)c1cccc2ccccc12. The number of likely N-dealkylation sites (N-methyl/N-ethyl adjacent to an activating group) is 1. The van der Waals surface area contributed by atoms with Crippen molar-refractivity contribution in [3.05, 3.63) is 96.0 Å². The fourth-order valence-electron chi connectivity index (χ4n) is 4.21. The summed E-state index contributed by atoms with van der Waals surface area (Å²) in [4.78, 5) is 14.9. The van der Waals surface area contributed by atoms with Crippen LogP contribution in [0.15, 0.2) is 95.9 Å². The van der Waals surface area contributed by atoms with Crippen molar-refractivity contribution in [2.24, 2.45) is 0 Å². The fraction of sp³-hybridized carbons (Fsp3) is 0.179. The number of carbonyl (C=O) groups is 1. The molecule has 0 fully saturated rings. The van der Waals surface area contributed by atoms with Gasteiger partial charge in [0.05, 0.1) is 17.3 Å². The molecular weight excluding hydrogens is 494 g/mol. The van der Waals surface area contributed by atoms with Crippen molar-refractivity contribution < 1.29 is 13.2 Å². The molecule has 0 saturated heterocycles. The number of nitrogens with zero attached hydrogens (tertiary/aromatic N) is 2. The summed E-state index contributed by atoms with van der Waals surface area (Å²) < 4.78 is 28.2. The normalized spacial score (nSPS) is 11.3. The summed E-state index contributed by atoms with van der Waals surface area (Å²) in [7, 11) is -3.95. The van der Waals surface area contributed by atoms with Gasteiger partial charge in [0.25, 0.3) is 10.0 Å². The van der Waals surface area contributed by atoms with Crippen LogP contribution in [-0.4, -0.2) is 34.0 Å². The van der Waals surface area contributed by atoms with Crippen molar-refractivity contribution in [3.63, 3.8) is 0 Å². The molecule has 4 aromatic rings. The Labute approximate surface area is 217 Å². The minimum absolute atomic E-state index is 0.0610. The number of sulfonamides is 1. The molecule has 0 spiro atoms. The number of halogens is 1. The molecule has 0 atom stereocenters. The first-order valence-electron chi connectivity index (χ1n) is 11.7. The first-order valence-corrected chi connectivity index (χ1v) is 13.6. The summed E-state index contributed by atoms with van der Waals surface area (Å²) in [6, 6.07) is 27.4. The van der Waals surface area contributed by atoms with E-state index in [0.717, 1.165) is 16.5 Å². The van der Waals surface area contributed by atoms with Gasteiger partial charge in [-0.05, 0) is 55.6 Å². The number of anilines is 3. The van der Waals surface area contributed by atoms with Crippen LogP contribution in [0.3, 0.4) is 0 Å². The lowest BCUT2D eigenvalue weighted by atomic mass is 10.1. The predicted molar refractivity (Wildman–Crippen MR) is 149 cm³/mol. The van der Waals surface area contributed by atoms with Gasteiger partial charge >= 0.3 is 0 Å². The zero-order valence-electron chi connectivity index (χ0n) is 20.2. The topological polar surface area (TPSA) is 69.7 Å². The average molecular weight is 522 g/mol. The van der Waals surface area contributed by atoms with Gasteiger partial charge in [0.15, 0.2) is 0 Å². The predicted octanol–water partition coefficient (Wildman–Crippen LogP) is 6.17. The number of para-hydroxylation sites is 1. The van der Waals surface area contributed by atoms with E-state index in [-0.39, 0.29) is 28.9 Å². The van der Waals surface area contributed by atoms with Gasteiger partial charge in [0.2, 0.25) is 5.91 Å². The molecule has 0 unspecified atom stereocenters. The van der Waals surface area contributed by atoms with Crippen LogP contribution in [0.2, 0.25) is 5.02 Å². The van der Waals surface area contributed by atoms with Crippen molar-refractivity contribution in [3.8, 4) is 0 Å². The molecule has 0 aliphatic carbocycles. The molecule has 6 nitrogen and oxygen atoms in total. The molecular formula is C28H28ClN3O3S. The summed E-state index contributed by atoms with van der Waals surface area (Å²) in [6.45, 7) is 4.72. The van der Waals surface area contributed by atoms with Gasteiger partial charge in [-0.2, -0.15) is 0 Å². The highest BCUT2D eigenvalue weighted by molar-refractivity contribution is 7.93. The maximum atomic E-state index is 13.5. The first-order chi connectivity index (χ1) is 17.3. The van der Waals surface area contributed by atoms with Crippen LogP contribution in [0, 0.1) is 0 Å². The van der Waals surface area contributed by atoms with Crippen LogP contribution in [-0.2, 0) is 14.8 Å². The molecule has 36 heavy (non-hydrogen) atoms. The molecule has 0 bridgehead atoms. The highest BCUT2D eigenvalue weighted by atomic mass is 35.5. The van der Waals surface area contributed by atoms with E-state index in [1.807, 2.05) is 60.4 Å². The summed E-state index contributed by atoms with van der Waals surface area (Å²) in [5.41, 5.74) is 1.87. The van der Waals surface area contributed by atoms with E-state index in [9.17, 15) is 13.2 Å². The quantitative estimate of drug-likeness (QED) is 0.286. The summed E-state index contributed by atoms with van der Waals surface area (Å²) in [5, 5.41) is 5.09. The highest BCUT2D eigenvalue weighted by Crippen LogP contribution is 2.31. The van der Waals surface area contributed by atoms with Gasteiger partial charge in [-0.25, -0.2) is 8.42 Å². The summed E-state index contributed by atoms with van der Waals surface area (Å²) in [6.07, 6.45) is 0. The van der Waals surface area contributed by atoms with Crippen molar-refractivity contribution in [2.45, 2.75) is 18.7 Å². The molecule has 1 amide bonds. The molecule has 0 heterocycles. The molecule has 0 aliphatic heterocycles. The number of hydrogen-bond acceptors (Lipinski definition) is 4. The van der Waals surface area contributed by atoms with Crippen molar-refractivity contribution >= 4 is 55.4 Å². The lowest BCUT2D eigenvalue weighted by molar-refractivity contribution is -0.115. The Hall–Kier alpha value is -3.55. The third kappa shape index (κ3) is 5.32. The summed E-state index contributed by atoms with van der Waals surface area (Å²) in [5.74, 6) is -0.258. The third-order valence-corrected chi connectivity index (χ3v) is 8.32. The zero-order chi connectivity index (χ0) is 25.7. The van der Waals surface area contributed by atoms with E-state index in [4.69, 9.17) is 11.6 Å². The maximum absolute atomic E-state index is 13.5. The van der Waals surface area contributed by atoms with E-state index < -0.39 is 10.0 Å². The largest absolute Gasteiger partial charge is 0.362 e. The van der Waals surface area contributed by atoms with E-state index in [1.165, 1.54) is 16.4 Å². The van der Waals surface area contributed by atoms with Gasteiger partial charge in [-0.1, -0.05) is 66.2 Å². The zero-order valence-corrected chi connectivity index (χ0v) is 21.8. The van der Waals surface area contributed by atoms with Crippen LogP contribution < -0.4 is 14.5 Å². The Morgan fingerprint density at radius 2 is 1.56 bits per heavy atom. The minimum Gasteiger partial charge on any atom is -0.362 e. The number of carbonyl (C=O) groups excluding carboxylic acids is 1. The Kier molecular flexibility index (Phi) is 7.82. The van der Waals surface area contributed by atoms with Crippen molar-refractivity contribution in [1.82, 2.24) is 0 Å². The Morgan fingerprint density at radius 1 is 0.861 bits per heavy atom. The van der Waals surface area contributed by atoms with Gasteiger partial charge in [-0.15, -0.1) is 0 Å². The number of nitrogens with one attached hydrogen (secondary N) is 1. The number of benzene rings is 4. The molecule has 1 N–H and O–H groups in total. The number of rotatable bonds is 9. The molecule has 8 heteroatoms. The molecule has 186 valence electrons. The van der Waals surface area contributed by atoms with Crippen LogP contribution in [0.5, 0.6) is 0 Å². The summed E-state index contributed by atoms with van der Waals surface area (Å²) >= 11 is 6.32. The number of amides is 1. The first kappa shape index (κ1) is 25.5. The van der Waals surface area contributed by atoms with Crippen LogP contribution in [0.1, 0.15) is 13.8 Å². The fourth-order valence-corrected chi connectivity index (χ4v) is 6.19. The maximum Gasteiger partial charge on any atom is 0.265 e. The van der Waals surface area contributed by atoms with Crippen LogP contribution in [0.25, 0.3) is 10.8 Å². The average Bonchev–Trinajstić information content (AvgIpc) is 2.89. The van der Waals surface area contributed by atoms with E-state index in [2.05, 4.69) is 5.32 Å².